The highest BCUT2D eigenvalue weighted by Gasteiger charge is 1.86. The normalized spacial score (nSPS) is 7.00. The van der Waals surface area contributed by atoms with E-state index >= 15 is 0 Å². The fraction of sp³-hybridized carbons (Fsp3) is 1.00. The smallest absolute Gasteiger partial charge is 0.174 e. The highest BCUT2D eigenvalue weighted by Crippen LogP contribution is 1.87. The lowest BCUT2D eigenvalue weighted by molar-refractivity contribution is 0.00819. The Hall–Kier alpha value is -0.350. The average Bonchev–Trinajstić information content (AvgIpc) is 1.41. The lowest BCUT2D eigenvalue weighted by Gasteiger charge is -1.65. The molecule has 5 heteroatoms. The fourth-order valence-corrected chi connectivity index (χ4v) is 0. The van der Waals surface area contributed by atoms with Crippen LogP contribution in [-0.2, 0) is 0 Å². The van der Waals surface area contributed by atoms with Crippen molar-refractivity contribution in [2.45, 2.75) is 6.68 Å². The van der Waals surface area contributed by atoms with Gasteiger partial charge in [0.1, 0.15) is 0 Å². The maximum Gasteiger partial charge on any atom is 0.379 e. The predicted octanol–water partition coefficient (Wildman–Crippen LogP) is 2.02. The molecule has 0 rings (SSSR count). The molecule has 40 valence electrons. The summed E-state index contributed by atoms with van der Waals surface area (Å²) in [6.45, 7) is -3.67. The summed E-state index contributed by atoms with van der Waals surface area (Å²) in [5.41, 5.74) is 0. The second-order valence-electron chi connectivity index (χ2n) is 0.247. The topological polar surface area (TPSA) is 0 Å². The van der Waals surface area contributed by atoms with Crippen molar-refractivity contribution >= 4 is 0 Å². The van der Waals surface area contributed by atoms with Gasteiger partial charge in [-0.05, 0) is 0 Å². The lowest BCUT2D eigenvalue weighted by atomic mass is 11.6. The first-order valence-electron chi connectivity index (χ1n) is 0.798. The Morgan fingerprint density at radius 2 is 0.833 bits per heavy atom. The summed E-state index contributed by atoms with van der Waals surface area (Å²) >= 11 is 0. The molecule has 0 aromatic carbocycles. The minimum absolute atomic E-state index is 3.67. The lowest BCUT2D eigenvalue weighted by Crippen LogP contribution is -1.65. The van der Waals surface area contributed by atoms with Crippen molar-refractivity contribution in [1.82, 2.24) is 0 Å². The van der Waals surface area contributed by atoms with E-state index in [1.54, 1.807) is 0 Å². The van der Waals surface area contributed by atoms with Crippen LogP contribution in [0, 0.1) is 0 Å². The third-order valence-electron chi connectivity index (χ3n) is 0. The maximum absolute atomic E-state index is 9.67. The van der Waals surface area contributed by atoms with Crippen molar-refractivity contribution in [1.29, 1.82) is 0 Å². The van der Waals surface area contributed by atoms with Crippen molar-refractivity contribution in [3.63, 3.8) is 0 Å². The van der Waals surface area contributed by atoms with Gasteiger partial charge in [-0.15, -0.1) is 0 Å². The molecule has 0 aromatic rings. The van der Waals surface area contributed by atoms with Crippen molar-refractivity contribution < 1.29 is 22.3 Å². The summed E-state index contributed by atoms with van der Waals surface area (Å²) in [4.78, 5) is 0. The highest BCUT2D eigenvalue weighted by molar-refractivity contribution is 3.83. The molecule has 0 fully saturated rings. The van der Waals surface area contributed by atoms with Gasteiger partial charge in [0.15, 0.2) is 0 Å². The van der Waals surface area contributed by atoms with E-state index in [1.807, 2.05) is 0 Å². The molecular formula is CHF5. The fourth-order valence-electron chi connectivity index (χ4n) is 0. The van der Waals surface area contributed by atoms with E-state index in [-0.39, 0.29) is 0 Å². The van der Waals surface area contributed by atoms with Gasteiger partial charge in [-0.2, -0.15) is 13.2 Å². The van der Waals surface area contributed by atoms with Crippen LogP contribution in [-0.4, -0.2) is 6.68 Å². The number of hydrogen-bond donors (Lipinski definition) is 0. The zero-order valence-electron chi connectivity index (χ0n) is 2.47. The van der Waals surface area contributed by atoms with Crippen LogP contribution in [0.25, 0.3) is 0 Å². The number of halogens is 5. The van der Waals surface area contributed by atoms with E-state index in [0.29, 0.717) is 0 Å². The van der Waals surface area contributed by atoms with Gasteiger partial charge < -0.3 is 0 Å². The Labute approximate surface area is 30.4 Å². The van der Waals surface area contributed by atoms with Gasteiger partial charge in [0.05, 0.1) is 0 Å². The summed E-state index contributed by atoms with van der Waals surface area (Å²) in [5.74, 6) is 0. The Balaban J connectivity index is 0. The molecule has 0 aliphatic carbocycles. The Kier molecular flexibility index (Phi) is 13.5. The van der Waals surface area contributed by atoms with E-state index in [0.717, 1.165) is 0 Å². The van der Waals surface area contributed by atoms with E-state index in [2.05, 4.69) is 0 Å². The molecule has 0 spiro atoms. The molecule has 0 heterocycles. The van der Waals surface area contributed by atoms with Crippen LogP contribution in [0.5, 0.6) is 0 Å². The molecular weight excluding hydrogens is 107 g/mol. The van der Waals surface area contributed by atoms with Crippen LogP contribution in [0.4, 0.5) is 22.3 Å². The zero-order chi connectivity index (χ0) is 5.58. The van der Waals surface area contributed by atoms with Crippen LogP contribution in [0.1, 0.15) is 0 Å². The molecule has 0 saturated heterocycles. The first kappa shape index (κ1) is 9.17. The van der Waals surface area contributed by atoms with Crippen LogP contribution in [0.15, 0.2) is 0 Å². The maximum atomic E-state index is 9.67. The molecule has 0 nitrogen and oxygen atoms in total. The summed E-state index contributed by atoms with van der Waals surface area (Å²) in [7, 11) is 0. The average molecular weight is 108 g/mol. The van der Waals surface area contributed by atoms with Crippen molar-refractivity contribution in [2.24, 2.45) is 0 Å². The van der Waals surface area contributed by atoms with Crippen molar-refractivity contribution in [3.05, 3.63) is 0 Å². The molecule has 0 atom stereocenters. The Morgan fingerprint density at radius 1 is 0.833 bits per heavy atom. The zero-order valence-corrected chi connectivity index (χ0v) is 2.47. The molecule has 0 saturated carbocycles. The quantitative estimate of drug-likeness (QED) is 0.416. The molecule has 0 aliphatic rings. The van der Waals surface area contributed by atoms with Gasteiger partial charge in [-0.3, -0.25) is 0 Å². The molecule has 6 heavy (non-hydrogen) atoms. The molecule has 0 amide bonds. The Bertz CT molecular complexity index is 8.66. The van der Waals surface area contributed by atoms with Crippen LogP contribution < -0.4 is 0 Å². The summed E-state index contributed by atoms with van der Waals surface area (Å²) in [5, 5.41) is 0. The summed E-state index contributed by atoms with van der Waals surface area (Å²) in [6, 6.07) is 0. The molecule has 0 bridgehead atoms. The molecule has 0 radical (unpaired) electrons. The first-order valence-corrected chi connectivity index (χ1v) is 0.798. The Morgan fingerprint density at radius 3 is 0.833 bits per heavy atom. The van der Waals surface area contributed by atoms with E-state index in [1.165, 1.54) is 0 Å². The number of rotatable bonds is 0. The molecule has 0 aliphatic heterocycles. The van der Waals surface area contributed by atoms with Gasteiger partial charge in [0.2, 0.25) is 0 Å². The third kappa shape index (κ3) is 209. The van der Waals surface area contributed by atoms with Gasteiger partial charge in [0.25, 0.3) is 0 Å². The monoisotopic (exact) mass is 108 g/mol. The van der Waals surface area contributed by atoms with Gasteiger partial charge in [-0.1, -0.05) is 0 Å². The van der Waals surface area contributed by atoms with Crippen molar-refractivity contribution in [2.75, 3.05) is 0 Å². The molecule has 0 unspecified atom stereocenters. The summed E-state index contributed by atoms with van der Waals surface area (Å²) < 4.78 is 45.0. The van der Waals surface area contributed by atoms with E-state index in [4.69, 9.17) is 9.15 Å². The number of alkyl halides is 3. The SMILES string of the molecule is FC(F)F.FF. The minimum atomic E-state index is -3.67. The van der Waals surface area contributed by atoms with Gasteiger partial charge in [-0.25, -0.2) is 0 Å². The standard InChI is InChI=1S/CHF3.F2/c2-1(3)4;1-2/h1H;. The van der Waals surface area contributed by atoms with Gasteiger partial charge >= 0.3 is 6.68 Å². The summed E-state index contributed by atoms with van der Waals surface area (Å²) in [6.07, 6.45) is 0. The van der Waals surface area contributed by atoms with Crippen LogP contribution >= 0.6 is 0 Å². The molecule has 0 aromatic heterocycles. The minimum Gasteiger partial charge on any atom is -0.174 e. The van der Waals surface area contributed by atoms with Crippen LogP contribution in [0.3, 0.4) is 0 Å². The third-order valence-corrected chi connectivity index (χ3v) is 0. The predicted molar refractivity (Wildman–Crippen MR) is 9.33 cm³/mol. The van der Waals surface area contributed by atoms with E-state index < -0.39 is 6.68 Å². The molecule has 0 N–H and O–H groups in total. The largest absolute Gasteiger partial charge is 0.379 e. The number of hydrogen-bond acceptors (Lipinski definition) is 0. The first-order chi connectivity index (χ1) is 2.73. The van der Waals surface area contributed by atoms with Gasteiger partial charge in [0, 0.05) is 9.15 Å². The second kappa shape index (κ2) is 8.82. The highest BCUT2D eigenvalue weighted by atomic mass is 20.0. The van der Waals surface area contributed by atoms with E-state index in [9.17, 15) is 13.2 Å². The van der Waals surface area contributed by atoms with Crippen molar-refractivity contribution in [3.8, 4) is 0 Å². The second-order valence-corrected chi connectivity index (χ2v) is 0.247. The van der Waals surface area contributed by atoms with Crippen LogP contribution in [0.2, 0.25) is 0 Å².